The molecule has 1 saturated carbocycles. The van der Waals surface area contributed by atoms with Crippen LogP contribution in [0.15, 0.2) is 24.3 Å². The molecule has 0 atom stereocenters. The molecule has 1 aromatic carbocycles. The van der Waals surface area contributed by atoms with E-state index in [4.69, 9.17) is 0 Å². The van der Waals surface area contributed by atoms with Crippen molar-refractivity contribution in [2.45, 2.75) is 58.3 Å². The molecule has 28 heavy (non-hydrogen) atoms. The van der Waals surface area contributed by atoms with Gasteiger partial charge in [-0.2, -0.15) is 13.2 Å². The van der Waals surface area contributed by atoms with Crippen LogP contribution in [0.25, 0.3) is 0 Å². The van der Waals surface area contributed by atoms with Gasteiger partial charge < -0.3 is 9.80 Å². The highest BCUT2D eigenvalue weighted by Crippen LogP contribution is 2.36. The molecule has 0 N–H and O–H groups in total. The molecular formula is C21H27F3N2O2. The molecule has 0 unspecified atom stereocenters. The van der Waals surface area contributed by atoms with Crippen LogP contribution in [-0.4, -0.2) is 40.7 Å². The van der Waals surface area contributed by atoms with Crippen molar-refractivity contribution in [3.63, 3.8) is 0 Å². The predicted octanol–water partition coefficient (Wildman–Crippen LogP) is 4.09. The second kappa shape index (κ2) is 8.13. The molecule has 2 amide bonds. The van der Waals surface area contributed by atoms with E-state index >= 15 is 0 Å². The van der Waals surface area contributed by atoms with Crippen molar-refractivity contribution >= 4 is 11.8 Å². The van der Waals surface area contributed by atoms with E-state index in [0.29, 0.717) is 25.9 Å². The number of hydrogen-bond acceptors (Lipinski definition) is 2. The number of hydrogen-bond donors (Lipinski definition) is 0. The van der Waals surface area contributed by atoms with Gasteiger partial charge in [-0.05, 0) is 37.3 Å². The Morgan fingerprint density at radius 2 is 1.71 bits per heavy atom. The summed E-state index contributed by atoms with van der Waals surface area (Å²) in [5, 5.41) is 0. The predicted molar refractivity (Wildman–Crippen MR) is 99.2 cm³/mol. The lowest BCUT2D eigenvalue weighted by Crippen LogP contribution is -2.46. The molecule has 0 radical (unpaired) electrons. The van der Waals surface area contributed by atoms with Crippen molar-refractivity contribution < 1.29 is 22.8 Å². The maximum absolute atomic E-state index is 13.3. The van der Waals surface area contributed by atoms with Gasteiger partial charge in [0.05, 0.1) is 5.56 Å². The molecule has 0 spiro atoms. The van der Waals surface area contributed by atoms with E-state index in [2.05, 4.69) is 0 Å². The average molecular weight is 396 g/mol. The van der Waals surface area contributed by atoms with Crippen molar-refractivity contribution in [2.24, 2.45) is 11.8 Å². The number of carbonyl (C=O) groups excluding carboxylic acids is 2. The first kappa shape index (κ1) is 20.7. The molecule has 0 bridgehead atoms. The topological polar surface area (TPSA) is 40.6 Å². The minimum Gasteiger partial charge on any atom is -0.342 e. The normalized spacial score (nSPS) is 18.4. The average Bonchev–Trinajstić information content (AvgIpc) is 3.49. The van der Waals surface area contributed by atoms with Gasteiger partial charge in [-0.1, -0.05) is 32.0 Å². The lowest BCUT2D eigenvalue weighted by atomic mass is 9.94. The van der Waals surface area contributed by atoms with Crippen LogP contribution in [0.3, 0.4) is 0 Å². The van der Waals surface area contributed by atoms with E-state index in [-0.39, 0.29) is 41.8 Å². The highest BCUT2D eigenvalue weighted by atomic mass is 19.4. The third-order valence-electron chi connectivity index (χ3n) is 5.58. The van der Waals surface area contributed by atoms with Gasteiger partial charge in [0.15, 0.2) is 0 Å². The Morgan fingerprint density at radius 1 is 1.11 bits per heavy atom. The zero-order valence-electron chi connectivity index (χ0n) is 16.3. The van der Waals surface area contributed by atoms with Gasteiger partial charge >= 0.3 is 6.18 Å². The maximum Gasteiger partial charge on any atom is 0.416 e. The first-order valence-electron chi connectivity index (χ1n) is 9.93. The smallest absolute Gasteiger partial charge is 0.342 e. The van der Waals surface area contributed by atoms with Crippen LogP contribution in [-0.2, 0) is 22.3 Å². The molecular weight excluding hydrogens is 369 g/mol. The summed E-state index contributed by atoms with van der Waals surface area (Å²) < 4.78 is 39.9. The third kappa shape index (κ3) is 4.67. The number of nitrogens with zero attached hydrogens (tertiary/aromatic N) is 2. The lowest BCUT2D eigenvalue weighted by molar-refractivity contribution is -0.144. The summed E-state index contributed by atoms with van der Waals surface area (Å²) in [6, 6.07) is 5.51. The number of halogens is 3. The summed E-state index contributed by atoms with van der Waals surface area (Å²) in [6.45, 7) is 4.76. The standard InChI is InChI=1S/C21H27F3N2O2/c1-14(2)19(27)25-11-9-15(10-12-25)20(28)26(17-7-8-17)13-16-5-3-4-6-18(16)21(22,23)24/h3-6,14-15,17H,7-13H2,1-2H3. The second-order valence-corrected chi connectivity index (χ2v) is 8.11. The fraction of sp³-hybridized carbons (Fsp3) is 0.619. The fourth-order valence-electron chi connectivity index (χ4n) is 3.84. The van der Waals surface area contributed by atoms with Crippen molar-refractivity contribution in [1.29, 1.82) is 0 Å². The van der Waals surface area contributed by atoms with E-state index in [9.17, 15) is 22.8 Å². The number of piperidine rings is 1. The Balaban J connectivity index is 1.69. The Bertz CT molecular complexity index is 721. The molecule has 2 aliphatic rings. The molecule has 7 heteroatoms. The van der Waals surface area contributed by atoms with Crippen LogP contribution in [0.1, 0.15) is 50.7 Å². The van der Waals surface area contributed by atoms with Gasteiger partial charge in [0.2, 0.25) is 11.8 Å². The van der Waals surface area contributed by atoms with Crippen LogP contribution in [0, 0.1) is 11.8 Å². The summed E-state index contributed by atoms with van der Waals surface area (Å²) >= 11 is 0. The van der Waals surface area contributed by atoms with Crippen molar-refractivity contribution in [3.05, 3.63) is 35.4 Å². The maximum atomic E-state index is 13.3. The van der Waals surface area contributed by atoms with Gasteiger partial charge in [-0.25, -0.2) is 0 Å². The molecule has 1 aliphatic heterocycles. The Kier molecular flexibility index (Phi) is 6.01. The highest BCUT2D eigenvalue weighted by Gasteiger charge is 2.39. The summed E-state index contributed by atoms with van der Waals surface area (Å²) in [5.74, 6) is -0.288. The van der Waals surface area contributed by atoms with Gasteiger partial charge in [0.1, 0.15) is 0 Å². The number of amides is 2. The van der Waals surface area contributed by atoms with E-state index < -0.39 is 11.7 Å². The van der Waals surface area contributed by atoms with Crippen LogP contribution in [0.2, 0.25) is 0 Å². The minimum atomic E-state index is -4.43. The van der Waals surface area contributed by atoms with Gasteiger partial charge in [-0.3, -0.25) is 9.59 Å². The van der Waals surface area contributed by atoms with E-state index in [1.54, 1.807) is 15.9 Å². The molecule has 0 aromatic heterocycles. The molecule has 1 saturated heterocycles. The molecule has 3 rings (SSSR count). The zero-order valence-corrected chi connectivity index (χ0v) is 16.3. The molecule has 154 valence electrons. The van der Waals surface area contributed by atoms with Gasteiger partial charge in [-0.15, -0.1) is 0 Å². The second-order valence-electron chi connectivity index (χ2n) is 8.11. The minimum absolute atomic E-state index is 0.00960. The first-order valence-corrected chi connectivity index (χ1v) is 9.93. The molecule has 4 nitrogen and oxygen atoms in total. The van der Waals surface area contributed by atoms with E-state index in [1.807, 2.05) is 13.8 Å². The van der Waals surface area contributed by atoms with Crippen LogP contribution < -0.4 is 0 Å². The summed E-state index contributed by atoms with van der Waals surface area (Å²) in [4.78, 5) is 28.6. The monoisotopic (exact) mass is 396 g/mol. The Labute approximate surface area is 163 Å². The van der Waals surface area contributed by atoms with Crippen LogP contribution in [0.5, 0.6) is 0 Å². The number of rotatable bonds is 5. The summed E-state index contributed by atoms with van der Waals surface area (Å²) in [7, 11) is 0. The van der Waals surface area contributed by atoms with Crippen molar-refractivity contribution in [1.82, 2.24) is 9.80 Å². The largest absolute Gasteiger partial charge is 0.416 e. The quantitative estimate of drug-likeness (QED) is 0.752. The van der Waals surface area contributed by atoms with Crippen LogP contribution >= 0.6 is 0 Å². The highest BCUT2D eigenvalue weighted by molar-refractivity contribution is 5.81. The first-order chi connectivity index (χ1) is 13.2. The fourth-order valence-corrected chi connectivity index (χ4v) is 3.84. The number of alkyl halides is 3. The summed E-state index contributed by atoms with van der Waals surface area (Å²) in [6.07, 6.45) is -1.62. The molecule has 1 heterocycles. The van der Waals surface area contributed by atoms with Crippen molar-refractivity contribution in [3.8, 4) is 0 Å². The Hall–Kier alpha value is -2.05. The van der Waals surface area contributed by atoms with Crippen molar-refractivity contribution in [2.75, 3.05) is 13.1 Å². The number of benzene rings is 1. The molecule has 2 fully saturated rings. The van der Waals surface area contributed by atoms with Gasteiger partial charge in [0.25, 0.3) is 0 Å². The van der Waals surface area contributed by atoms with E-state index in [0.717, 1.165) is 18.9 Å². The Morgan fingerprint density at radius 3 is 2.25 bits per heavy atom. The molecule has 1 aliphatic carbocycles. The lowest BCUT2D eigenvalue weighted by Gasteiger charge is -2.35. The third-order valence-corrected chi connectivity index (χ3v) is 5.58. The van der Waals surface area contributed by atoms with Crippen LogP contribution in [0.4, 0.5) is 13.2 Å². The number of likely N-dealkylation sites (tertiary alicyclic amines) is 1. The van der Waals surface area contributed by atoms with Gasteiger partial charge in [0, 0.05) is 37.5 Å². The SMILES string of the molecule is CC(C)C(=O)N1CCC(C(=O)N(Cc2ccccc2C(F)(F)F)C2CC2)CC1. The summed E-state index contributed by atoms with van der Waals surface area (Å²) in [5.41, 5.74) is -0.534. The molecule has 1 aromatic rings. The van der Waals surface area contributed by atoms with E-state index in [1.165, 1.54) is 12.1 Å². The number of carbonyl (C=O) groups is 2. The zero-order chi connectivity index (χ0) is 20.5.